The van der Waals surface area contributed by atoms with Crippen LogP contribution in [0.2, 0.25) is 0 Å². The van der Waals surface area contributed by atoms with Crippen LogP contribution in [0.1, 0.15) is 27.2 Å². The van der Waals surface area contributed by atoms with Gasteiger partial charge in [0, 0.05) is 6.08 Å². The second-order valence-electron chi connectivity index (χ2n) is 3.66. The summed E-state index contributed by atoms with van der Waals surface area (Å²) < 4.78 is 0. The first-order chi connectivity index (χ1) is 6.82. The molecule has 0 aromatic rings. The van der Waals surface area contributed by atoms with Crippen LogP contribution in [0.4, 0.5) is 0 Å². The highest BCUT2D eigenvalue weighted by Gasteiger charge is 2.10. The Labute approximate surface area is 88.9 Å². The molecule has 4 heteroatoms. The minimum absolute atomic E-state index is 0.431. The van der Waals surface area contributed by atoms with Crippen molar-refractivity contribution in [1.29, 1.82) is 0 Å². The lowest BCUT2D eigenvalue weighted by Gasteiger charge is -2.05. The molecule has 4 nitrogen and oxygen atoms in total. The summed E-state index contributed by atoms with van der Waals surface area (Å²) in [6.45, 7) is 5.08. The zero-order chi connectivity index (χ0) is 12.0. The standard InChI is InChI=1S/C11H16O4/c1-7(5-9(3)11(14)15)4-8(2)6-10(12)13/h4,6,9H,5H2,1-3H3,(H,12,13)(H,14,15)/b7-4+,8-6+/t9-/m0/s1. The van der Waals surface area contributed by atoms with Crippen LogP contribution in [0.15, 0.2) is 23.3 Å². The van der Waals surface area contributed by atoms with Gasteiger partial charge in [0.15, 0.2) is 0 Å². The monoisotopic (exact) mass is 212 g/mol. The summed E-state index contributed by atoms with van der Waals surface area (Å²) in [7, 11) is 0. The lowest BCUT2D eigenvalue weighted by Crippen LogP contribution is -2.09. The van der Waals surface area contributed by atoms with Crippen molar-refractivity contribution < 1.29 is 19.8 Å². The quantitative estimate of drug-likeness (QED) is 0.540. The summed E-state index contributed by atoms with van der Waals surface area (Å²) in [6.07, 6.45) is 3.21. The summed E-state index contributed by atoms with van der Waals surface area (Å²) in [4.78, 5) is 20.9. The number of allylic oxidation sites excluding steroid dienone is 3. The Kier molecular flexibility index (Phi) is 5.37. The third-order valence-electron chi connectivity index (χ3n) is 1.87. The van der Waals surface area contributed by atoms with E-state index in [1.54, 1.807) is 26.8 Å². The van der Waals surface area contributed by atoms with Crippen LogP contribution in [0.3, 0.4) is 0 Å². The Balaban J connectivity index is 4.44. The maximum absolute atomic E-state index is 10.6. The Morgan fingerprint density at radius 3 is 2.13 bits per heavy atom. The predicted octanol–water partition coefficient (Wildman–Crippen LogP) is 2.07. The molecule has 0 aliphatic carbocycles. The number of carbonyl (C=O) groups is 2. The normalized spacial score (nSPS) is 14.9. The van der Waals surface area contributed by atoms with E-state index in [4.69, 9.17) is 10.2 Å². The van der Waals surface area contributed by atoms with Gasteiger partial charge in [-0.1, -0.05) is 18.6 Å². The SMILES string of the molecule is CC(=C\C(=O)O)/C=C(\C)C[C@H](C)C(=O)O. The van der Waals surface area contributed by atoms with Crippen LogP contribution < -0.4 is 0 Å². The lowest BCUT2D eigenvalue weighted by atomic mass is 10.0. The Bertz CT molecular complexity index is 313. The highest BCUT2D eigenvalue weighted by atomic mass is 16.4. The van der Waals surface area contributed by atoms with Gasteiger partial charge in [0.2, 0.25) is 0 Å². The average Bonchev–Trinajstić information content (AvgIpc) is 2.00. The smallest absolute Gasteiger partial charge is 0.328 e. The van der Waals surface area contributed by atoms with Gasteiger partial charge in [-0.05, 0) is 25.8 Å². The van der Waals surface area contributed by atoms with Crippen molar-refractivity contribution >= 4 is 11.9 Å². The molecule has 0 aromatic carbocycles. The maximum atomic E-state index is 10.6. The third-order valence-corrected chi connectivity index (χ3v) is 1.87. The van der Waals surface area contributed by atoms with Crippen LogP contribution in [0.25, 0.3) is 0 Å². The zero-order valence-electron chi connectivity index (χ0n) is 9.15. The van der Waals surface area contributed by atoms with Gasteiger partial charge in [0.1, 0.15) is 0 Å². The van der Waals surface area contributed by atoms with E-state index in [2.05, 4.69) is 0 Å². The fourth-order valence-corrected chi connectivity index (χ4v) is 1.25. The van der Waals surface area contributed by atoms with Gasteiger partial charge in [-0.2, -0.15) is 0 Å². The summed E-state index contributed by atoms with van der Waals surface area (Å²) in [5.41, 5.74) is 1.47. The molecular weight excluding hydrogens is 196 g/mol. The summed E-state index contributed by atoms with van der Waals surface area (Å²) in [5.74, 6) is -2.29. The largest absolute Gasteiger partial charge is 0.481 e. The molecule has 0 aliphatic heterocycles. The Morgan fingerprint density at radius 1 is 1.20 bits per heavy atom. The molecule has 0 unspecified atom stereocenters. The molecule has 84 valence electrons. The van der Waals surface area contributed by atoms with Gasteiger partial charge < -0.3 is 10.2 Å². The molecule has 0 bridgehead atoms. The van der Waals surface area contributed by atoms with Crippen LogP contribution >= 0.6 is 0 Å². The molecule has 0 saturated heterocycles. The van der Waals surface area contributed by atoms with Crippen LogP contribution in [0, 0.1) is 5.92 Å². The topological polar surface area (TPSA) is 74.6 Å². The molecule has 0 heterocycles. The van der Waals surface area contributed by atoms with Crippen molar-refractivity contribution in [2.75, 3.05) is 0 Å². The van der Waals surface area contributed by atoms with Crippen molar-refractivity contribution in [2.24, 2.45) is 5.92 Å². The second kappa shape index (κ2) is 6.01. The summed E-state index contributed by atoms with van der Waals surface area (Å²) >= 11 is 0. The average molecular weight is 212 g/mol. The second-order valence-corrected chi connectivity index (χ2v) is 3.66. The predicted molar refractivity (Wildman–Crippen MR) is 56.6 cm³/mol. The van der Waals surface area contributed by atoms with Gasteiger partial charge in [0.25, 0.3) is 0 Å². The summed E-state index contributed by atoms with van der Waals surface area (Å²) in [5, 5.41) is 17.1. The van der Waals surface area contributed by atoms with Crippen molar-refractivity contribution in [3.63, 3.8) is 0 Å². The lowest BCUT2D eigenvalue weighted by molar-refractivity contribution is -0.141. The molecule has 0 fully saturated rings. The van der Waals surface area contributed by atoms with E-state index in [1.807, 2.05) is 0 Å². The number of carboxylic acid groups (broad SMARTS) is 2. The van der Waals surface area contributed by atoms with Gasteiger partial charge in [-0.15, -0.1) is 0 Å². The Hall–Kier alpha value is -1.58. The molecule has 0 saturated carbocycles. The summed E-state index contributed by atoms with van der Waals surface area (Å²) in [6, 6.07) is 0. The number of aliphatic carboxylic acids is 2. The molecular formula is C11H16O4. The highest BCUT2D eigenvalue weighted by molar-refractivity contribution is 5.81. The van der Waals surface area contributed by atoms with E-state index in [0.29, 0.717) is 12.0 Å². The molecule has 0 amide bonds. The molecule has 0 aromatic heterocycles. The number of carboxylic acids is 2. The first-order valence-corrected chi connectivity index (χ1v) is 4.64. The highest BCUT2D eigenvalue weighted by Crippen LogP contribution is 2.13. The number of hydrogen-bond donors (Lipinski definition) is 2. The van der Waals surface area contributed by atoms with Gasteiger partial charge in [0.05, 0.1) is 5.92 Å². The molecule has 0 rings (SSSR count). The van der Waals surface area contributed by atoms with Crippen molar-refractivity contribution in [3.8, 4) is 0 Å². The first kappa shape index (κ1) is 13.4. The van der Waals surface area contributed by atoms with E-state index in [-0.39, 0.29) is 0 Å². The van der Waals surface area contributed by atoms with Crippen molar-refractivity contribution in [3.05, 3.63) is 23.3 Å². The van der Waals surface area contributed by atoms with Crippen molar-refractivity contribution in [1.82, 2.24) is 0 Å². The minimum atomic E-state index is -0.997. The number of rotatable bonds is 5. The van der Waals surface area contributed by atoms with Gasteiger partial charge in [-0.25, -0.2) is 4.79 Å². The molecule has 2 N–H and O–H groups in total. The fourth-order valence-electron chi connectivity index (χ4n) is 1.25. The first-order valence-electron chi connectivity index (χ1n) is 4.64. The number of hydrogen-bond acceptors (Lipinski definition) is 2. The minimum Gasteiger partial charge on any atom is -0.481 e. The van der Waals surface area contributed by atoms with E-state index in [1.165, 1.54) is 0 Å². The zero-order valence-corrected chi connectivity index (χ0v) is 9.15. The molecule has 0 radical (unpaired) electrons. The van der Waals surface area contributed by atoms with Gasteiger partial charge in [-0.3, -0.25) is 4.79 Å². The fraction of sp³-hybridized carbons (Fsp3) is 0.455. The maximum Gasteiger partial charge on any atom is 0.328 e. The molecule has 0 aliphatic rings. The van der Waals surface area contributed by atoms with Crippen LogP contribution in [-0.4, -0.2) is 22.2 Å². The molecule has 0 spiro atoms. The van der Waals surface area contributed by atoms with E-state index in [9.17, 15) is 9.59 Å². The van der Waals surface area contributed by atoms with E-state index in [0.717, 1.165) is 11.6 Å². The van der Waals surface area contributed by atoms with E-state index >= 15 is 0 Å². The van der Waals surface area contributed by atoms with Crippen LogP contribution in [-0.2, 0) is 9.59 Å². The van der Waals surface area contributed by atoms with Crippen LogP contribution in [0.5, 0.6) is 0 Å². The van der Waals surface area contributed by atoms with E-state index < -0.39 is 17.9 Å². The third kappa shape index (κ3) is 6.49. The van der Waals surface area contributed by atoms with Gasteiger partial charge >= 0.3 is 11.9 Å². The molecule has 1 atom stereocenters. The van der Waals surface area contributed by atoms with Crippen molar-refractivity contribution in [2.45, 2.75) is 27.2 Å². The Morgan fingerprint density at radius 2 is 1.73 bits per heavy atom. The molecule has 15 heavy (non-hydrogen) atoms.